The zero-order valence-electron chi connectivity index (χ0n) is 9.79. The minimum atomic E-state index is -0.332. The fourth-order valence-corrected chi connectivity index (χ4v) is 2.10. The first-order valence-electron chi connectivity index (χ1n) is 5.68. The van der Waals surface area contributed by atoms with E-state index in [2.05, 4.69) is 10.2 Å². The smallest absolute Gasteiger partial charge is 0.229 e. The molecule has 0 aliphatic rings. The van der Waals surface area contributed by atoms with E-state index in [-0.39, 0.29) is 11.1 Å². The molecular weight excluding hydrogens is 265 g/mol. The second-order valence-corrected chi connectivity index (χ2v) is 4.31. The molecule has 94 valence electrons. The van der Waals surface area contributed by atoms with Crippen molar-refractivity contribution in [3.8, 4) is 17.1 Å². The lowest BCUT2D eigenvalue weighted by Gasteiger charge is -2.07. The Morgan fingerprint density at radius 1 is 0.947 bits per heavy atom. The fourth-order valence-electron chi connectivity index (χ4n) is 1.88. The second-order valence-electron chi connectivity index (χ2n) is 3.97. The van der Waals surface area contributed by atoms with Crippen LogP contribution in [-0.2, 0) is 0 Å². The third-order valence-corrected chi connectivity index (χ3v) is 2.97. The van der Waals surface area contributed by atoms with Crippen LogP contribution in [0.15, 0.2) is 54.6 Å². The lowest BCUT2D eigenvalue weighted by atomic mass is 10.2. The van der Waals surface area contributed by atoms with Gasteiger partial charge in [-0.25, -0.2) is 4.39 Å². The monoisotopic (exact) mass is 273 g/mol. The number of hydrogen-bond donors (Lipinski definition) is 0. The number of benzene rings is 2. The van der Waals surface area contributed by atoms with Gasteiger partial charge in [0.1, 0.15) is 5.82 Å². The lowest BCUT2D eigenvalue weighted by Crippen LogP contribution is -1.98. The topological polar surface area (TPSA) is 30.7 Å². The van der Waals surface area contributed by atoms with Gasteiger partial charge in [0.25, 0.3) is 0 Å². The van der Waals surface area contributed by atoms with Crippen molar-refractivity contribution < 1.29 is 4.39 Å². The molecule has 3 rings (SSSR count). The summed E-state index contributed by atoms with van der Waals surface area (Å²) in [6, 6.07) is 15.6. The van der Waals surface area contributed by atoms with Crippen LogP contribution < -0.4 is 0 Å². The van der Waals surface area contributed by atoms with Gasteiger partial charge in [-0.15, -0.1) is 10.2 Å². The van der Waals surface area contributed by atoms with Crippen LogP contribution in [0.1, 0.15) is 0 Å². The van der Waals surface area contributed by atoms with Gasteiger partial charge in [0.15, 0.2) is 5.82 Å². The van der Waals surface area contributed by atoms with Crippen molar-refractivity contribution in [3.05, 3.63) is 65.7 Å². The van der Waals surface area contributed by atoms with Crippen LogP contribution in [0.3, 0.4) is 0 Å². The maximum absolute atomic E-state index is 13.3. The molecule has 0 saturated heterocycles. The molecule has 0 saturated carbocycles. The van der Waals surface area contributed by atoms with E-state index in [1.165, 1.54) is 12.1 Å². The summed E-state index contributed by atoms with van der Waals surface area (Å²) in [6.45, 7) is 0. The van der Waals surface area contributed by atoms with E-state index < -0.39 is 0 Å². The third kappa shape index (κ3) is 2.22. The van der Waals surface area contributed by atoms with Crippen molar-refractivity contribution in [1.29, 1.82) is 0 Å². The van der Waals surface area contributed by atoms with E-state index in [4.69, 9.17) is 11.6 Å². The maximum atomic E-state index is 13.3. The molecule has 0 amide bonds. The first-order valence-corrected chi connectivity index (χ1v) is 6.06. The Morgan fingerprint density at radius 3 is 2.47 bits per heavy atom. The highest BCUT2D eigenvalue weighted by molar-refractivity contribution is 6.28. The molecule has 0 unspecified atom stereocenters. The zero-order chi connectivity index (χ0) is 13.2. The summed E-state index contributed by atoms with van der Waals surface area (Å²) in [5.41, 5.74) is 1.46. The SMILES string of the molecule is Fc1cccc(-n2c(Cl)nnc2-c2ccccc2)c1. The molecule has 0 spiro atoms. The number of aromatic nitrogens is 3. The Hall–Kier alpha value is -2.20. The molecule has 0 fully saturated rings. The van der Waals surface area contributed by atoms with Gasteiger partial charge in [-0.3, -0.25) is 4.57 Å². The molecule has 0 aliphatic carbocycles. The Morgan fingerprint density at radius 2 is 1.74 bits per heavy atom. The largest absolute Gasteiger partial charge is 0.266 e. The van der Waals surface area contributed by atoms with E-state index >= 15 is 0 Å². The van der Waals surface area contributed by atoms with Crippen LogP contribution in [-0.4, -0.2) is 14.8 Å². The molecule has 1 heterocycles. The molecule has 0 N–H and O–H groups in total. The van der Waals surface area contributed by atoms with Crippen molar-refractivity contribution in [3.63, 3.8) is 0 Å². The standard InChI is InChI=1S/C14H9ClFN3/c15-14-18-17-13(10-5-2-1-3-6-10)19(14)12-8-4-7-11(16)9-12/h1-9H. The van der Waals surface area contributed by atoms with E-state index in [9.17, 15) is 4.39 Å². The minimum absolute atomic E-state index is 0.199. The predicted molar refractivity (Wildman–Crippen MR) is 71.8 cm³/mol. The minimum Gasteiger partial charge on any atom is -0.266 e. The summed E-state index contributed by atoms with van der Waals surface area (Å²) in [7, 11) is 0. The van der Waals surface area contributed by atoms with E-state index in [1.807, 2.05) is 30.3 Å². The van der Waals surface area contributed by atoms with Crippen LogP contribution >= 0.6 is 11.6 Å². The number of rotatable bonds is 2. The van der Waals surface area contributed by atoms with Crippen LogP contribution in [0.4, 0.5) is 4.39 Å². The molecule has 0 aliphatic heterocycles. The first-order chi connectivity index (χ1) is 9.25. The molecule has 0 bridgehead atoms. The molecule has 1 aromatic heterocycles. The second kappa shape index (κ2) is 4.82. The number of halogens is 2. The Labute approximate surface area is 114 Å². The van der Waals surface area contributed by atoms with Crippen molar-refractivity contribution in [1.82, 2.24) is 14.8 Å². The van der Waals surface area contributed by atoms with Crippen LogP contribution in [0, 0.1) is 5.82 Å². The van der Waals surface area contributed by atoms with Crippen LogP contribution in [0.25, 0.3) is 17.1 Å². The summed E-state index contributed by atoms with van der Waals surface area (Å²) in [6.07, 6.45) is 0. The van der Waals surface area contributed by atoms with Gasteiger partial charge in [-0.05, 0) is 29.8 Å². The quantitative estimate of drug-likeness (QED) is 0.712. The van der Waals surface area contributed by atoms with Gasteiger partial charge in [-0.1, -0.05) is 36.4 Å². The Balaban J connectivity index is 2.20. The van der Waals surface area contributed by atoms with Gasteiger partial charge in [0.05, 0.1) is 5.69 Å². The number of nitrogens with zero attached hydrogens (tertiary/aromatic N) is 3. The van der Waals surface area contributed by atoms with Crippen molar-refractivity contribution >= 4 is 11.6 Å². The van der Waals surface area contributed by atoms with E-state index in [1.54, 1.807) is 16.7 Å². The van der Waals surface area contributed by atoms with Crippen molar-refractivity contribution in [2.75, 3.05) is 0 Å². The van der Waals surface area contributed by atoms with Gasteiger partial charge in [-0.2, -0.15) is 0 Å². The fraction of sp³-hybridized carbons (Fsp3) is 0. The molecule has 3 nitrogen and oxygen atoms in total. The summed E-state index contributed by atoms with van der Waals surface area (Å²) < 4.78 is 14.9. The zero-order valence-corrected chi connectivity index (χ0v) is 10.5. The molecule has 0 radical (unpaired) electrons. The number of hydrogen-bond acceptors (Lipinski definition) is 2. The first kappa shape index (κ1) is 11.9. The molecule has 0 atom stereocenters. The van der Waals surface area contributed by atoms with Crippen LogP contribution in [0.5, 0.6) is 0 Å². The Bertz CT molecular complexity index is 710. The maximum Gasteiger partial charge on any atom is 0.229 e. The summed E-state index contributed by atoms with van der Waals surface area (Å²) >= 11 is 6.05. The summed E-state index contributed by atoms with van der Waals surface area (Å²) in [5.74, 6) is 0.248. The third-order valence-electron chi connectivity index (χ3n) is 2.72. The molecule has 3 aromatic rings. The average molecular weight is 274 g/mol. The average Bonchev–Trinajstić information content (AvgIpc) is 2.82. The van der Waals surface area contributed by atoms with Crippen molar-refractivity contribution in [2.24, 2.45) is 0 Å². The van der Waals surface area contributed by atoms with E-state index in [0.29, 0.717) is 11.5 Å². The highest BCUT2D eigenvalue weighted by atomic mass is 35.5. The highest BCUT2D eigenvalue weighted by Crippen LogP contribution is 2.25. The molecule has 19 heavy (non-hydrogen) atoms. The molecular formula is C14H9ClFN3. The molecule has 2 aromatic carbocycles. The highest BCUT2D eigenvalue weighted by Gasteiger charge is 2.14. The summed E-state index contributed by atoms with van der Waals surface area (Å²) in [4.78, 5) is 0. The van der Waals surface area contributed by atoms with Gasteiger partial charge < -0.3 is 0 Å². The van der Waals surface area contributed by atoms with Gasteiger partial charge >= 0.3 is 0 Å². The van der Waals surface area contributed by atoms with Crippen LogP contribution in [0.2, 0.25) is 5.28 Å². The van der Waals surface area contributed by atoms with Crippen molar-refractivity contribution in [2.45, 2.75) is 0 Å². The molecule has 5 heteroatoms. The Kier molecular flexibility index (Phi) is 3.01. The predicted octanol–water partition coefficient (Wildman–Crippen LogP) is 3.73. The lowest BCUT2D eigenvalue weighted by molar-refractivity contribution is 0.626. The van der Waals surface area contributed by atoms with Gasteiger partial charge in [0, 0.05) is 5.56 Å². The summed E-state index contributed by atoms with van der Waals surface area (Å²) in [5, 5.41) is 8.10. The van der Waals surface area contributed by atoms with Gasteiger partial charge in [0.2, 0.25) is 5.28 Å². The normalized spacial score (nSPS) is 10.6. The van der Waals surface area contributed by atoms with E-state index in [0.717, 1.165) is 5.56 Å².